The summed E-state index contributed by atoms with van der Waals surface area (Å²) in [6.45, 7) is 3.17. The van der Waals surface area contributed by atoms with Crippen LogP contribution in [0.3, 0.4) is 0 Å². The van der Waals surface area contributed by atoms with E-state index in [2.05, 4.69) is 12.2 Å². The van der Waals surface area contributed by atoms with Crippen LogP contribution in [0.2, 0.25) is 0 Å². The molecule has 1 spiro atoms. The number of carbonyl (C=O) groups is 2. The minimum absolute atomic E-state index is 0.243. The molecule has 3 atom stereocenters. The molecule has 0 unspecified atom stereocenters. The monoisotopic (exact) mass is 340 g/mol. The summed E-state index contributed by atoms with van der Waals surface area (Å²) < 4.78 is 5.68. The number of ketones is 1. The van der Waals surface area contributed by atoms with Crippen LogP contribution in [0.15, 0.2) is 24.3 Å². The zero-order chi connectivity index (χ0) is 17.9. The number of Topliss-reactive ketones (excluding diaryl/α,β-unsaturated/α-hetero) is 1. The van der Waals surface area contributed by atoms with E-state index in [9.17, 15) is 14.9 Å². The number of para-hydroxylation sites is 1. The van der Waals surface area contributed by atoms with Crippen LogP contribution in [0, 0.1) is 23.2 Å². The van der Waals surface area contributed by atoms with Crippen molar-refractivity contribution in [2.75, 3.05) is 13.2 Å². The van der Waals surface area contributed by atoms with Gasteiger partial charge in [-0.3, -0.25) is 9.59 Å². The molecule has 0 bridgehead atoms. The molecule has 1 heterocycles. The van der Waals surface area contributed by atoms with E-state index in [4.69, 9.17) is 4.74 Å². The van der Waals surface area contributed by atoms with Crippen molar-refractivity contribution in [1.29, 1.82) is 5.26 Å². The third kappa shape index (κ3) is 3.26. The lowest BCUT2D eigenvalue weighted by molar-refractivity contribution is -0.132. The summed E-state index contributed by atoms with van der Waals surface area (Å²) in [6.07, 6.45) is 4.41. The van der Waals surface area contributed by atoms with Crippen molar-refractivity contribution in [3.63, 3.8) is 0 Å². The van der Waals surface area contributed by atoms with Gasteiger partial charge in [-0.2, -0.15) is 5.26 Å². The molecule has 1 fully saturated rings. The third-order valence-corrected chi connectivity index (χ3v) is 5.40. The summed E-state index contributed by atoms with van der Waals surface area (Å²) in [5.74, 6) is -1.34. The maximum Gasteiger partial charge on any atom is 0.245 e. The molecule has 0 radical (unpaired) electrons. The van der Waals surface area contributed by atoms with Gasteiger partial charge >= 0.3 is 0 Å². The molecule has 0 aromatic heterocycles. The van der Waals surface area contributed by atoms with E-state index >= 15 is 0 Å². The lowest BCUT2D eigenvalue weighted by atomic mass is 9.84. The van der Waals surface area contributed by atoms with Gasteiger partial charge in [-0.15, -0.1) is 0 Å². The first-order chi connectivity index (χ1) is 12.1. The first-order valence-electron chi connectivity index (χ1n) is 9.07. The van der Waals surface area contributed by atoms with Crippen molar-refractivity contribution < 1.29 is 14.3 Å². The zero-order valence-corrected chi connectivity index (χ0v) is 14.6. The van der Waals surface area contributed by atoms with Crippen molar-refractivity contribution in [2.24, 2.45) is 11.8 Å². The number of benzene rings is 1. The van der Waals surface area contributed by atoms with Gasteiger partial charge in [-0.1, -0.05) is 38.0 Å². The van der Waals surface area contributed by atoms with Crippen molar-refractivity contribution in [1.82, 2.24) is 5.32 Å². The van der Waals surface area contributed by atoms with Gasteiger partial charge in [0.05, 0.1) is 12.7 Å². The van der Waals surface area contributed by atoms with E-state index in [0.29, 0.717) is 19.6 Å². The second-order valence-corrected chi connectivity index (χ2v) is 6.97. The Kier molecular flexibility index (Phi) is 5.08. The fourth-order valence-electron chi connectivity index (χ4n) is 3.88. The number of nitrogens with one attached hydrogen (secondary N) is 1. The highest BCUT2D eigenvalue weighted by Crippen LogP contribution is 2.61. The maximum atomic E-state index is 12.8. The van der Waals surface area contributed by atoms with E-state index in [0.717, 1.165) is 37.0 Å². The second kappa shape index (κ2) is 7.26. The largest absolute Gasteiger partial charge is 0.493 e. The first-order valence-corrected chi connectivity index (χ1v) is 9.07. The molecule has 3 rings (SSSR count). The molecule has 2 aliphatic rings. The summed E-state index contributed by atoms with van der Waals surface area (Å²) in [4.78, 5) is 25.1. The van der Waals surface area contributed by atoms with E-state index in [1.807, 2.05) is 30.3 Å². The fraction of sp³-hybridized carbons (Fsp3) is 0.550. The minimum atomic E-state index is -1.21. The predicted molar refractivity (Wildman–Crippen MR) is 93.0 cm³/mol. The molecule has 1 aromatic rings. The Bertz CT molecular complexity index is 709. The summed E-state index contributed by atoms with van der Waals surface area (Å²) in [5, 5.41) is 12.1. The Morgan fingerprint density at radius 3 is 2.96 bits per heavy atom. The lowest BCUT2D eigenvalue weighted by Crippen LogP contribution is -2.37. The van der Waals surface area contributed by atoms with Gasteiger partial charge in [-0.25, -0.2) is 0 Å². The van der Waals surface area contributed by atoms with E-state index in [1.165, 1.54) is 0 Å². The number of unbranched alkanes of at least 4 members (excludes halogenated alkanes) is 2. The van der Waals surface area contributed by atoms with Gasteiger partial charge in [-0.05, 0) is 25.3 Å². The SMILES string of the molecule is CCCCCNC(=O)[C@H](C#N)C(=O)[C@H]1C[C@]12CCOc1ccccc12. The van der Waals surface area contributed by atoms with Crippen molar-refractivity contribution in [2.45, 2.75) is 44.4 Å². The molecule has 1 aliphatic heterocycles. The van der Waals surface area contributed by atoms with Crippen LogP contribution >= 0.6 is 0 Å². The van der Waals surface area contributed by atoms with Gasteiger partial charge in [0.15, 0.2) is 11.7 Å². The number of nitriles is 1. The van der Waals surface area contributed by atoms with E-state index in [1.54, 1.807) is 0 Å². The number of rotatable bonds is 7. The molecule has 5 nitrogen and oxygen atoms in total. The van der Waals surface area contributed by atoms with Crippen LogP contribution in [0.4, 0.5) is 0 Å². The average molecular weight is 340 g/mol. The zero-order valence-electron chi connectivity index (χ0n) is 14.6. The predicted octanol–water partition coefficient (Wildman–Crippen LogP) is 2.74. The lowest BCUT2D eigenvalue weighted by Gasteiger charge is -2.27. The van der Waals surface area contributed by atoms with Gasteiger partial charge < -0.3 is 10.1 Å². The standard InChI is InChI=1S/C20H24N2O3/c1-2-3-6-10-22-19(24)14(13-21)18(23)16-12-20(16)9-11-25-17-8-5-4-7-15(17)20/h4-5,7-8,14,16H,2-3,6,9-12H2,1H3,(H,22,24)/t14-,16-,20+/m1/s1. The first kappa shape index (κ1) is 17.5. The Balaban J connectivity index is 1.68. The molecule has 132 valence electrons. The van der Waals surface area contributed by atoms with Crippen LogP contribution in [0.5, 0.6) is 5.75 Å². The number of hydrogen-bond acceptors (Lipinski definition) is 4. The highest BCUT2D eigenvalue weighted by atomic mass is 16.5. The normalized spacial score (nSPS) is 24.6. The van der Waals surface area contributed by atoms with E-state index < -0.39 is 11.8 Å². The Hall–Kier alpha value is -2.35. The van der Waals surface area contributed by atoms with Crippen molar-refractivity contribution in [3.8, 4) is 11.8 Å². The Morgan fingerprint density at radius 1 is 1.40 bits per heavy atom. The summed E-state index contributed by atoms with van der Waals surface area (Å²) in [6, 6.07) is 9.68. The van der Waals surface area contributed by atoms with Gasteiger partial charge in [0.2, 0.25) is 5.91 Å². The molecular formula is C20H24N2O3. The molecule has 1 aromatic carbocycles. The molecule has 1 saturated carbocycles. The van der Waals surface area contributed by atoms with Crippen molar-refractivity contribution in [3.05, 3.63) is 29.8 Å². The van der Waals surface area contributed by atoms with Crippen LogP contribution in [0.25, 0.3) is 0 Å². The Labute approximate surface area is 148 Å². The number of carbonyl (C=O) groups excluding carboxylic acids is 2. The fourth-order valence-corrected chi connectivity index (χ4v) is 3.88. The number of ether oxygens (including phenoxy) is 1. The average Bonchev–Trinajstić information content (AvgIpc) is 3.34. The van der Waals surface area contributed by atoms with Crippen LogP contribution < -0.4 is 10.1 Å². The molecule has 5 heteroatoms. The molecule has 1 N–H and O–H groups in total. The number of nitrogens with zero attached hydrogens (tertiary/aromatic N) is 1. The van der Waals surface area contributed by atoms with Gasteiger partial charge in [0, 0.05) is 23.4 Å². The maximum absolute atomic E-state index is 12.8. The molecule has 1 amide bonds. The Morgan fingerprint density at radius 2 is 2.20 bits per heavy atom. The summed E-state index contributed by atoms with van der Waals surface area (Å²) in [5.41, 5.74) is 0.795. The molecule has 1 aliphatic carbocycles. The van der Waals surface area contributed by atoms with Gasteiger partial charge in [0.25, 0.3) is 0 Å². The van der Waals surface area contributed by atoms with Crippen LogP contribution in [-0.4, -0.2) is 24.8 Å². The van der Waals surface area contributed by atoms with E-state index in [-0.39, 0.29) is 17.1 Å². The topological polar surface area (TPSA) is 79.2 Å². The minimum Gasteiger partial charge on any atom is -0.493 e. The molecular weight excluding hydrogens is 316 g/mol. The number of hydrogen-bond donors (Lipinski definition) is 1. The highest BCUT2D eigenvalue weighted by molar-refractivity contribution is 6.06. The van der Waals surface area contributed by atoms with Gasteiger partial charge in [0.1, 0.15) is 5.75 Å². The third-order valence-electron chi connectivity index (χ3n) is 5.40. The second-order valence-electron chi connectivity index (χ2n) is 6.97. The summed E-state index contributed by atoms with van der Waals surface area (Å²) >= 11 is 0. The highest BCUT2D eigenvalue weighted by Gasteiger charge is 2.62. The van der Waals surface area contributed by atoms with Crippen LogP contribution in [-0.2, 0) is 15.0 Å². The summed E-state index contributed by atoms with van der Waals surface area (Å²) in [7, 11) is 0. The number of fused-ring (bicyclic) bond motifs is 2. The quantitative estimate of drug-likeness (QED) is 0.611. The van der Waals surface area contributed by atoms with Crippen molar-refractivity contribution >= 4 is 11.7 Å². The smallest absolute Gasteiger partial charge is 0.245 e. The van der Waals surface area contributed by atoms with Crippen LogP contribution in [0.1, 0.15) is 44.6 Å². The molecule has 25 heavy (non-hydrogen) atoms. The number of amides is 1. The molecule has 0 saturated heterocycles.